The Kier molecular flexibility index (Phi) is 4.32. The second-order valence-electron chi connectivity index (χ2n) is 6.13. The summed E-state index contributed by atoms with van der Waals surface area (Å²) in [5.74, 6) is -0.650. The smallest absolute Gasteiger partial charge is 0.308 e. The Morgan fingerprint density at radius 1 is 1.18 bits per heavy atom. The molecule has 22 heavy (non-hydrogen) atoms. The summed E-state index contributed by atoms with van der Waals surface area (Å²) in [4.78, 5) is 25.1. The summed E-state index contributed by atoms with van der Waals surface area (Å²) >= 11 is 0. The maximum absolute atomic E-state index is 12.5. The van der Waals surface area contributed by atoms with Gasteiger partial charge in [0.2, 0.25) is 0 Å². The Balaban J connectivity index is 1.66. The fourth-order valence-corrected chi connectivity index (χ4v) is 3.23. The number of carbonyl (C=O) groups excluding carboxylic acids is 1. The number of ether oxygens (including phenoxy) is 1. The van der Waals surface area contributed by atoms with E-state index in [4.69, 9.17) is 9.84 Å². The van der Waals surface area contributed by atoms with Crippen LogP contribution in [0.3, 0.4) is 0 Å². The number of hydrogen-bond acceptors (Lipinski definition) is 3. The van der Waals surface area contributed by atoms with E-state index in [-0.39, 0.29) is 12.0 Å². The van der Waals surface area contributed by atoms with Crippen LogP contribution in [0.15, 0.2) is 24.3 Å². The van der Waals surface area contributed by atoms with Crippen LogP contribution in [0.25, 0.3) is 0 Å². The lowest BCUT2D eigenvalue weighted by Gasteiger charge is -2.17. The van der Waals surface area contributed by atoms with Crippen molar-refractivity contribution in [2.75, 3.05) is 13.1 Å². The summed E-state index contributed by atoms with van der Waals surface area (Å²) in [6.45, 7) is 0.797. The van der Waals surface area contributed by atoms with Crippen molar-refractivity contribution >= 4 is 11.9 Å². The van der Waals surface area contributed by atoms with Gasteiger partial charge in [-0.25, -0.2) is 0 Å². The number of rotatable bonds is 4. The summed E-state index contributed by atoms with van der Waals surface area (Å²) in [5, 5.41) is 9.03. The highest BCUT2D eigenvalue weighted by atomic mass is 16.5. The molecular weight excluding hydrogens is 282 g/mol. The third-order valence-corrected chi connectivity index (χ3v) is 4.51. The predicted octanol–water partition coefficient (Wildman–Crippen LogP) is 2.55. The van der Waals surface area contributed by atoms with Gasteiger partial charge in [-0.15, -0.1) is 0 Å². The molecule has 5 nitrogen and oxygen atoms in total. The van der Waals surface area contributed by atoms with Crippen LogP contribution in [-0.4, -0.2) is 41.1 Å². The topological polar surface area (TPSA) is 66.8 Å². The first-order chi connectivity index (χ1) is 10.6. The number of aliphatic carboxylic acids is 1. The van der Waals surface area contributed by atoms with Gasteiger partial charge in [-0.3, -0.25) is 9.59 Å². The summed E-state index contributed by atoms with van der Waals surface area (Å²) in [5.41, 5.74) is 0.571. The standard InChI is InChI=1S/C17H21NO4/c19-16(18-9-8-13(11-18)17(20)21)12-4-3-7-15(10-12)22-14-5-1-2-6-14/h3-4,7,10,13-14H,1-2,5-6,8-9,11H2,(H,20,21)/t13-/m0/s1. The Hall–Kier alpha value is -2.04. The molecule has 0 unspecified atom stereocenters. The number of carboxylic acids is 1. The minimum Gasteiger partial charge on any atom is -0.490 e. The van der Waals surface area contributed by atoms with Gasteiger partial charge < -0.3 is 14.7 Å². The maximum atomic E-state index is 12.5. The van der Waals surface area contributed by atoms with Crippen molar-refractivity contribution in [3.8, 4) is 5.75 Å². The van der Waals surface area contributed by atoms with E-state index in [2.05, 4.69) is 0 Å². The molecule has 1 N–H and O–H groups in total. The molecule has 1 aromatic carbocycles. The molecule has 1 aliphatic heterocycles. The zero-order chi connectivity index (χ0) is 15.5. The molecular formula is C17H21NO4. The predicted molar refractivity (Wildman–Crippen MR) is 81.0 cm³/mol. The van der Waals surface area contributed by atoms with E-state index in [1.807, 2.05) is 12.1 Å². The van der Waals surface area contributed by atoms with Crippen molar-refractivity contribution in [1.29, 1.82) is 0 Å². The molecule has 1 atom stereocenters. The lowest BCUT2D eigenvalue weighted by atomic mass is 10.1. The molecule has 118 valence electrons. The molecule has 3 rings (SSSR count). The molecule has 2 aliphatic rings. The average molecular weight is 303 g/mol. The van der Waals surface area contributed by atoms with Crippen LogP contribution < -0.4 is 4.74 Å². The number of amides is 1. The van der Waals surface area contributed by atoms with Gasteiger partial charge in [0.25, 0.3) is 5.91 Å². The van der Waals surface area contributed by atoms with Gasteiger partial charge in [-0.2, -0.15) is 0 Å². The van der Waals surface area contributed by atoms with Crippen molar-refractivity contribution in [3.63, 3.8) is 0 Å². The molecule has 0 radical (unpaired) electrons. The van der Waals surface area contributed by atoms with Crippen LogP contribution in [0, 0.1) is 5.92 Å². The molecule has 1 heterocycles. The zero-order valence-electron chi connectivity index (χ0n) is 12.5. The van der Waals surface area contributed by atoms with E-state index in [9.17, 15) is 9.59 Å². The lowest BCUT2D eigenvalue weighted by Crippen LogP contribution is -2.30. The third-order valence-electron chi connectivity index (χ3n) is 4.51. The number of benzene rings is 1. The second-order valence-corrected chi connectivity index (χ2v) is 6.13. The van der Waals surface area contributed by atoms with E-state index < -0.39 is 11.9 Å². The Labute approximate surface area is 129 Å². The fraction of sp³-hybridized carbons (Fsp3) is 0.529. The molecule has 5 heteroatoms. The van der Waals surface area contributed by atoms with Crippen molar-refractivity contribution in [2.24, 2.45) is 5.92 Å². The molecule has 0 bridgehead atoms. The lowest BCUT2D eigenvalue weighted by molar-refractivity contribution is -0.141. The SMILES string of the molecule is O=C(O)[C@H]1CCN(C(=O)c2cccc(OC3CCCC3)c2)C1. The van der Waals surface area contributed by atoms with Crippen molar-refractivity contribution in [3.05, 3.63) is 29.8 Å². The van der Waals surface area contributed by atoms with Crippen molar-refractivity contribution in [2.45, 2.75) is 38.2 Å². The molecule has 1 aromatic rings. The highest BCUT2D eigenvalue weighted by Gasteiger charge is 2.31. The highest BCUT2D eigenvalue weighted by Crippen LogP contribution is 2.25. The van der Waals surface area contributed by atoms with Crippen LogP contribution in [0.5, 0.6) is 5.75 Å². The van der Waals surface area contributed by atoms with Crippen LogP contribution in [0.4, 0.5) is 0 Å². The minimum absolute atomic E-state index is 0.111. The van der Waals surface area contributed by atoms with E-state index >= 15 is 0 Å². The first-order valence-electron chi connectivity index (χ1n) is 7.92. The number of carbonyl (C=O) groups is 2. The van der Waals surface area contributed by atoms with Gasteiger partial charge in [0.15, 0.2) is 0 Å². The normalized spacial score (nSPS) is 22.0. The molecule has 1 saturated heterocycles. The first kappa shape index (κ1) is 14.9. The molecule has 1 amide bonds. The van der Waals surface area contributed by atoms with E-state index in [0.29, 0.717) is 25.1 Å². The van der Waals surface area contributed by atoms with Gasteiger partial charge in [0.1, 0.15) is 5.75 Å². The summed E-state index contributed by atoms with van der Waals surface area (Å²) in [6.07, 6.45) is 5.34. The van der Waals surface area contributed by atoms with E-state index in [1.165, 1.54) is 12.8 Å². The molecule has 1 saturated carbocycles. The maximum Gasteiger partial charge on any atom is 0.308 e. The highest BCUT2D eigenvalue weighted by molar-refractivity contribution is 5.95. The first-order valence-corrected chi connectivity index (χ1v) is 7.92. The summed E-state index contributed by atoms with van der Waals surface area (Å²) < 4.78 is 5.92. The Morgan fingerprint density at radius 2 is 1.95 bits per heavy atom. The zero-order valence-corrected chi connectivity index (χ0v) is 12.5. The van der Waals surface area contributed by atoms with Crippen LogP contribution in [0.1, 0.15) is 42.5 Å². The Bertz CT molecular complexity index is 566. The van der Waals surface area contributed by atoms with E-state index in [1.54, 1.807) is 17.0 Å². The second kappa shape index (κ2) is 6.38. The third kappa shape index (κ3) is 3.24. The Morgan fingerprint density at radius 3 is 2.64 bits per heavy atom. The van der Waals surface area contributed by atoms with Gasteiger partial charge in [-0.1, -0.05) is 6.07 Å². The summed E-state index contributed by atoms with van der Waals surface area (Å²) in [7, 11) is 0. The van der Waals surface area contributed by atoms with Crippen LogP contribution in [0.2, 0.25) is 0 Å². The van der Waals surface area contributed by atoms with Gasteiger partial charge in [-0.05, 0) is 50.3 Å². The largest absolute Gasteiger partial charge is 0.490 e. The van der Waals surface area contributed by atoms with Crippen molar-refractivity contribution in [1.82, 2.24) is 4.90 Å². The average Bonchev–Trinajstić information content (AvgIpc) is 3.18. The van der Waals surface area contributed by atoms with Gasteiger partial charge in [0, 0.05) is 18.7 Å². The number of nitrogens with zero attached hydrogens (tertiary/aromatic N) is 1. The van der Waals surface area contributed by atoms with Crippen molar-refractivity contribution < 1.29 is 19.4 Å². The monoisotopic (exact) mass is 303 g/mol. The van der Waals surface area contributed by atoms with Gasteiger partial charge in [0.05, 0.1) is 12.0 Å². The molecule has 1 aliphatic carbocycles. The molecule has 0 aromatic heterocycles. The molecule has 0 spiro atoms. The van der Waals surface area contributed by atoms with E-state index in [0.717, 1.165) is 18.6 Å². The summed E-state index contributed by atoms with van der Waals surface area (Å²) in [6, 6.07) is 7.23. The van der Waals surface area contributed by atoms with Crippen LogP contribution in [-0.2, 0) is 4.79 Å². The number of hydrogen-bond donors (Lipinski definition) is 1. The fourth-order valence-electron chi connectivity index (χ4n) is 3.23. The number of carboxylic acid groups (broad SMARTS) is 1. The number of likely N-dealkylation sites (tertiary alicyclic amines) is 1. The quantitative estimate of drug-likeness (QED) is 0.928. The minimum atomic E-state index is -0.825. The van der Waals surface area contributed by atoms with Gasteiger partial charge >= 0.3 is 5.97 Å². The van der Waals surface area contributed by atoms with Crippen LogP contribution >= 0.6 is 0 Å². The molecule has 2 fully saturated rings.